The van der Waals surface area contributed by atoms with Gasteiger partial charge in [0, 0.05) is 38.1 Å². The fraction of sp³-hybridized carbons (Fsp3) is 0.538. The van der Waals surface area contributed by atoms with Crippen LogP contribution in [0.15, 0.2) is 23.1 Å². The molecule has 1 heterocycles. The average molecular weight is 268 g/mol. The van der Waals surface area contributed by atoms with Crippen LogP contribution in [0.25, 0.3) is 0 Å². The van der Waals surface area contributed by atoms with Crippen LogP contribution in [-0.4, -0.2) is 52.8 Å². The molecule has 0 unspecified atom stereocenters. The molecule has 0 saturated carbocycles. The summed E-state index contributed by atoms with van der Waals surface area (Å²) in [5, 5.41) is 0. The van der Waals surface area contributed by atoms with Crippen molar-refractivity contribution in [3.05, 3.63) is 23.8 Å². The Morgan fingerprint density at radius 3 is 2.22 bits per heavy atom. The van der Waals surface area contributed by atoms with E-state index in [1.807, 2.05) is 6.92 Å². The predicted molar refractivity (Wildman–Crippen MR) is 74.0 cm³/mol. The van der Waals surface area contributed by atoms with Crippen LogP contribution < -0.4 is 4.90 Å². The number of anilines is 1. The first-order valence-electron chi connectivity index (χ1n) is 6.11. The van der Waals surface area contributed by atoms with E-state index in [2.05, 4.69) is 22.9 Å². The lowest BCUT2D eigenvalue weighted by Crippen LogP contribution is -2.44. The quantitative estimate of drug-likeness (QED) is 0.807. The number of sulfone groups is 1. The van der Waals surface area contributed by atoms with E-state index in [0.29, 0.717) is 4.90 Å². The summed E-state index contributed by atoms with van der Waals surface area (Å²) in [5.74, 6) is 0. The first kappa shape index (κ1) is 13.4. The summed E-state index contributed by atoms with van der Waals surface area (Å²) < 4.78 is 23.3. The number of nitrogens with zero attached hydrogens (tertiary/aromatic N) is 2. The SMILES string of the molecule is Cc1cc(N2CCN(C)CC2)cc(S(C)(=O)=O)c1. The molecule has 0 spiro atoms. The van der Waals surface area contributed by atoms with E-state index in [0.717, 1.165) is 37.4 Å². The molecule has 0 amide bonds. The molecular weight excluding hydrogens is 248 g/mol. The number of hydrogen-bond acceptors (Lipinski definition) is 4. The summed E-state index contributed by atoms with van der Waals surface area (Å²) in [6.07, 6.45) is 1.26. The molecule has 0 N–H and O–H groups in total. The van der Waals surface area contributed by atoms with Crippen LogP contribution in [0.4, 0.5) is 5.69 Å². The van der Waals surface area contributed by atoms with E-state index in [1.165, 1.54) is 6.26 Å². The highest BCUT2D eigenvalue weighted by atomic mass is 32.2. The van der Waals surface area contributed by atoms with Gasteiger partial charge in [-0.25, -0.2) is 8.42 Å². The molecule has 1 fully saturated rings. The number of hydrogen-bond donors (Lipinski definition) is 0. The summed E-state index contributed by atoms with van der Waals surface area (Å²) >= 11 is 0. The lowest BCUT2D eigenvalue weighted by molar-refractivity contribution is 0.313. The number of aryl methyl sites for hydroxylation is 1. The van der Waals surface area contributed by atoms with E-state index >= 15 is 0 Å². The monoisotopic (exact) mass is 268 g/mol. The Morgan fingerprint density at radius 2 is 1.67 bits per heavy atom. The van der Waals surface area contributed by atoms with Crippen molar-refractivity contribution < 1.29 is 8.42 Å². The van der Waals surface area contributed by atoms with Crippen molar-refractivity contribution in [3.63, 3.8) is 0 Å². The fourth-order valence-electron chi connectivity index (χ4n) is 2.19. The third-order valence-corrected chi connectivity index (χ3v) is 4.42. The van der Waals surface area contributed by atoms with Gasteiger partial charge in [-0.15, -0.1) is 0 Å². The minimum absolute atomic E-state index is 0.413. The van der Waals surface area contributed by atoms with Crippen LogP contribution >= 0.6 is 0 Å². The minimum atomic E-state index is -3.13. The summed E-state index contributed by atoms with van der Waals surface area (Å²) in [7, 11) is -1.03. The summed E-state index contributed by atoms with van der Waals surface area (Å²) in [5.41, 5.74) is 2.01. The molecule has 100 valence electrons. The van der Waals surface area contributed by atoms with Crippen molar-refractivity contribution >= 4 is 15.5 Å². The van der Waals surface area contributed by atoms with E-state index in [4.69, 9.17) is 0 Å². The second kappa shape index (κ2) is 4.90. The topological polar surface area (TPSA) is 40.6 Å². The zero-order valence-electron chi connectivity index (χ0n) is 11.2. The summed E-state index contributed by atoms with van der Waals surface area (Å²) in [4.78, 5) is 4.95. The molecule has 1 aromatic carbocycles. The van der Waals surface area contributed by atoms with Gasteiger partial charge in [-0.2, -0.15) is 0 Å². The molecule has 1 aromatic rings. The van der Waals surface area contributed by atoms with Gasteiger partial charge < -0.3 is 9.80 Å². The second-order valence-corrected chi connectivity index (χ2v) is 7.08. The zero-order chi connectivity index (χ0) is 13.3. The molecule has 0 bridgehead atoms. The molecule has 18 heavy (non-hydrogen) atoms. The third-order valence-electron chi connectivity index (χ3n) is 3.33. The maximum absolute atomic E-state index is 11.6. The van der Waals surface area contributed by atoms with Gasteiger partial charge in [0.1, 0.15) is 0 Å². The van der Waals surface area contributed by atoms with E-state index in [-0.39, 0.29) is 0 Å². The number of rotatable bonds is 2. The molecule has 0 aliphatic carbocycles. The molecule has 2 rings (SSSR count). The average Bonchev–Trinajstić information content (AvgIpc) is 2.28. The van der Waals surface area contributed by atoms with Gasteiger partial charge in [0.15, 0.2) is 9.84 Å². The Hall–Kier alpha value is -1.07. The van der Waals surface area contributed by atoms with Crippen molar-refractivity contribution in [1.82, 2.24) is 4.90 Å². The van der Waals surface area contributed by atoms with Gasteiger partial charge in [0.2, 0.25) is 0 Å². The van der Waals surface area contributed by atoms with Gasteiger partial charge in [0.25, 0.3) is 0 Å². The summed E-state index contributed by atoms with van der Waals surface area (Å²) in [6.45, 7) is 5.87. The van der Waals surface area contributed by atoms with Crippen LogP contribution in [0.1, 0.15) is 5.56 Å². The van der Waals surface area contributed by atoms with Crippen LogP contribution in [0.5, 0.6) is 0 Å². The summed E-state index contributed by atoms with van der Waals surface area (Å²) in [6, 6.07) is 5.57. The largest absolute Gasteiger partial charge is 0.369 e. The number of likely N-dealkylation sites (N-methyl/N-ethyl adjacent to an activating group) is 1. The van der Waals surface area contributed by atoms with Crippen LogP contribution in [0, 0.1) is 6.92 Å². The Kier molecular flexibility index (Phi) is 3.64. The van der Waals surface area contributed by atoms with Crippen LogP contribution in [-0.2, 0) is 9.84 Å². The smallest absolute Gasteiger partial charge is 0.175 e. The Balaban J connectivity index is 2.31. The number of benzene rings is 1. The first-order valence-corrected chi connectivity index (χ1v) is 8.00. The third kappa shape index (κ3) is 3.03. The highest BCUT2D eigenvalue weighted by Gasteiger charge is 2.16. The molecule has 0 radical (unpaired) electrons. The Bertz CT molecular complexity index is 532. The van der Waals surface area contributed by atoms with E-state index in [1.54, 1.807) is 12.1 Å². The van der Waals surface area contributed by atoms with Crippen LogP contribution in [0.3, 0.4) is 0 Å². The van der Waals surface area contributed by atoms with Gasteiger partial charge in [-0.05, 0) is 37.7 Å². The van der Waals surface area contributed by atoms with Crippen molar-refractivity contribution in [3.8, 4) is 0 Å². The van der Waals surface area contributed by atoms with Crippen molar-refractivity contribution in [2.24, 2.45) is 0 Å². The molecule has 1 saturated heterocycles. The van der Waals surface area contributed by atoms with Crippen molar-refractivity contribution in [2.75, 3.05) is 44.4 Å². The van der Waals surface area contributed by atoms with Gasteiger partial charge in [0.05, 0.1) is 4.90 Å². The van der Waals surface area contributed by atoms with E-state index < -0.39 is 9.84 Å². The molecule has 5 heteroatoms. The second-order valence-electron chi connectivity index (χ2n) is 5.07. The first-order chi connectivity index (χ1) is 8.36. The van der Waals surface area contributed by atoms with Gasteiger partial charge >= 0.3 is 0 Å². The van der Waals surface area contributed by atoms with E-state index in [9.17, 15) is 8.42 Å². The molecular formula is C13H20N2O2S. The molecule has 0 aromatic heterocycles. The fourth-order valence-corrected chi connectivity index (χ4v) is 2.92. The van der Waals surface area contributed by atoms with Gasteiger partial charge in [-0.3, -0.25) is 0 Å². The van der Waals surface area contributed by atoms with Crippen molar-refractivity contribution in [2.45, 2.75) is 11.8 Å². The minimum Gasteiger partial charge on any atom is -0.369 e. The van der Waals surface area contributed by atoms with Crippen LogP contribution in [0.2, 0.25) is 0 Å². The molecule has 0 atom stereocenters. The number of piperazine rings is 1. The Labute approximate surface area is 109 Å². The predicted octanol–water partition coefficient (Wildman–Crippen LogP) is 1.15. The standard InChI is InChI=1S/C13H20N2O2S/c1-11-8-12(10-13(9-11)18(3,16)17)15-6-4-14(2)5-7-15/h8-10H,4-7H2,1-3H3. The highest BCUT2D eigenvalue weighted by Crippen LogP contribution is 2.23. The zero-order valence-corrected chi connectivity index (χ0v) is 12.0. The maximum atomic E-state index is 11.6. The normalized spacial score (nSPS) is 18.1. The maximum Gasteiger partial charge on any atom is 0.175 e. The Morgan fingerprint density at radius 1 is 1.06 bits per heavy atom. The lowest BCUT2D eigenvalue weighted by atomic mass is 10.2. The van der Waals surface area contributed by atoms with Crippen molar-refractivity contribution in [1.29, 1.82) is 0 Å². The molecule has 4 nitrogen and oxygen atoms in total. The highest BCUT2D eigenvalue weighted by molar-refractivity contribution is 7.90. The lowest BCUT2D eigenvalue weighted by Gasteiger charge is -2.34. The molecule has 1 aliphatic heterocycles. The molecule has 1 aliphatic rings. The van der Waals surface area contributed by atoms with Gasteiger partial charge in [-0.1, -0.05) is 0 Å².